The molecule has 2 rings (SSSR count). The number of nitrogens with one attached hydrogen (secondary N) is 1. The van der Waals surface area contributed by atoms with E-state index in [-0.39, 0.29) is 12.3 Å². The normalized spacial score (nSPS) is 10.3. The number of nitrogens with zero attached hydrogens (tertiary/aromatic N) is 1. The SMILES string of the molecule is O=[N+]([O-])c1cc(I)ccc1NCc1cccc(CO)c1. The monoisotopic (exact) mass is 384 g/mol. The molecule has 0 saturated heterocycles. The number of aliphatic hydroxyl groups excluding tert-OH is 1. The minimum Gasteiger partial charge on any atom is -0.392 e. The molecular formula is C14H13IN2O3. The lowest BCUT2D eigenvalue weighted by Gasteiger charge is -2.08. The van der Waals surface area contributed by atoms with Gasteiger partial charge in [0.1, 0.15) is 5.69 Å². The van der Waals surface area contributed by atoms with Crippen molar-refractivity contribution in [3.8, 4) is 0 Å². The molecule has 0 aliphatic rings. The molecule has 0 aliphatic heterocycles. The van der Waals surface area contributed by atoms with Gasteiger partial charge in [-0.1, -0.05) is 24.3 Å². The second-order valence-corrected chi connectivity index (χ2v) is 5.50. The van der Waals surface area contributed by atoms with Crippen LogP contribution in [0, 0.1) is 13.7 Å². The molecule has 0 amide bonds. The summed E-state index contributed by atoms with van der Waals surface area (Å²) in [5.74, 6) is 0. The highest BCUT2D eigenvalue weighted by atomic mass is 127. The summed E-state index contributed by atoms with van der Waals surface area (Å²) in [5, 5.41) is 23.2. The molecule has 104 valence electrons. The molecule has 20 heavy (non-hydrogen) atoms. The highest BCUT2D eigenvalue weighted by Gasteiger charge is 2.13. The summed E-state index contributed by atoms with van der Waals surface area (Å²) in [6.45, 7) is 0.451. The third kappa shape index (κ3) is 3.67. The molecule has 5 nitrogen and oxygen atoms in total. The van der Waals surface area contributed by atoms with Crippen molar-refractivity contribution in [2.75, 3.05) is 5.32 Å². The lowest BCUT2D eigenvalue weighted by molar-refractivity contribution is -0.384. The number of hydrogen-bond donors (Lipinski definition) is 2. The predicted octanol–water partition coefficient (Wildman–Crippen LogP) is 3.30. The van der Waals surface area contributed by atoms with E-state index in [9.17, 15) is 10.1 Å². The average Bonchev–Trinajstić information content (AvgIpc) is 2.46. The zero-order valence-corrected chi connectivity index (χ0v) is 12.7. The van der Waals surface area contributed by atoms with Crippen LogP contribution in [0.2, 0.25) is 0 Å². The molecule has 2 N–H and O–H groups in total. The first-order valence-corrected chi connectivity index (χ1v) is 7.04. The first-order chi connectivity index (χ1) is 9.60. The van der Waals surface area contributed by atoms with Gasteiger partial charge in [0, 0.05) is 16.2 Å². The Morgan fingerprint density at radius 1 is 1.20 bits per heavy atom. The van der Waals surface area contributed by atoms with E-state index in [0.717, 1.165) is 14.7 Å². The standard InChI is InChI=1S/C14H13IN2O3/c15-12-4-5-13(14(7-12)17(19)20)16-8-10-2-1-3-11(6-10)9-18/h1-7,16,18H,8-9H2. The minimum absolute atomic E-state index is 0.0163. The number of halogens is 1. The van der Waals surface area contributed by atoms with Crippen LogP contribution in [0.1, 0.15) is 11.1 Å². The summed E-state index contributed by atoms with van der Waals surface area (Å²) in [7, 11) is 0. The smallest absolute Gasteiger partial charge is 0.293 e. The van der Waals surface area contributed by atoms with Crippen LogP contribution in [0.25, 0.3) is 0 Å². The highest BCUT2D eigenvalue weighted by Crippen LogP contribution is 2.26. The molecule has 0 atom stereocenters. The maximum atomic E-state index is 11.0. The van der Waals surface area contributed by atoms with Gasteiger partial charge in [-0.25, -0.2) is 0 Å². The molecule has 0 saturated carbocycles. The van der Waals surface area contributed by atoms with Crippen molar-refractivity contribution in [1.29, 1.82) is 0 Å². The molecule has 0 aromatic heterocycles. The third-order valence-corrected chi connectivity index (χ3v) is 3.48. The van der Waals surface area contributed by atoms with Gasteiger partial charge >= 0.3 is 0 Å². The molecule has 2 aromatic carbocycles. The quantitative estimate of drug-likeness (QED) is 0.471. The topological polar surface area (TPSA) is 75.4 Å². The van der Waals surface area contributed by atoms with Gasteiger partial charge in [-0.05, 0) is 45.9 Å². The Hall–Kier alpha value is -1.67. The Labute approximate surface area is 129 Å². The van der Waals surface area contributed by atoms with Crippen LogP contribution < -0.4 is 5.32 Å². The Morgan fingerprint density at radius 2 is 1.95 bits per heavy atom. The predicted molar refractivity (Wildman–Crippen MR) is 85.5 cm³/mol. The number of hydrogen-bond acceptors (Lipinski definition) is 4. The molecule has 0 heterocycles. The molecule has 0 fully saturated rings. The molecule has 6 heteroatoms. The number of benzene rings is 2. The van der Waals surface area contributed by atoms with Gasteiger partial charge in [-0.15, -0.1) is 0 Å². The van der Waals surface area contributed by atoms with Gasteiger partial charge in [0.05, 0.1) is 11.5 Å². The van der Waals surface area contributed by atoms with Gasteiger partial charge in [-0.2, -0.15) is 0 Å². The van der Waals surface area contributed by atoms with Crippen molar-refractivity contribution >= 4 is 34.0 Å². The minimum atomic E-state index is -0.394. The summed E-state index contributed by atoms with van der Waals surface area (Å²) >= 11 is 2.04. The fraction of sp³-hybridized carbons (Fsp3) is 0.143. The van der Waals surface area contributed by atoms with E-state index in [1.165, 1.54) is 6.07 Å². The summed E-state index contributed by atoms with van der Waals surface area (Å²) in [6, 6.07) is 12.5. The average molecular weight is 384 g/mol. The molecule has 0 unspecified atom stereocenters. The van der Waals surface area contributed by atoms with Crippen LogP contribution >= 0.6 is 22.6 Å². The van der Waals surface area contributed by atoms with E-state index in [4.69, 9.17) is 5.11 Å². The lowest BCUT2D eigenvalue weighted by atomic mass is 10.1. The van der Waals surface area contributed by atoms with Crippen molar-refractivity contribution in [1.82, 2.24) is 0 Å². The molecule has 2 aromatic rings. The van der Waals surface area contributed by atoms with Crippen molar-refractivity contribution in [2.45, 2.75) is 13.2 Å². The maximum absolute atomic E-state index is 11.0. The molecule has 0 radical (unpaired) electrons. The van der Waals surface area contributed by atoms with Crippen LogP contribution in [0.3, 0.4) is 0 Å². The summed E-state index contributed by atoms with van der Waals surface area (Å²) < 4.78 is 0.821. The van der Waals surface area contributed by atoms with Crippen molar-refractivity contribution < 1.29 is 10.0 Å². The van der Waals surface area contributed by atoms with Crippen LogP contribution in [0.4, 0.5) is 11.4 Å². The highest BCUT2D eigenvalue weighted by molar-refractivity contribution is 14.1. The van der Waals surface area contributed by atoms with E-state index >= 15 is 0 Å². The van der Waals surface area contributed by atoms with Crippen molar-refractivity contribution in [3.05, 3.63) is 67.3 Å². The molecular weight excluding hydrogens is 371 g/mol. The summed E-state index contributed by atoms with van der Waals surface area (Å²) in [4.78, 5) is 10.6. The second-order valence-electron chi connectivity index (χ2n) is 4.25. The lowest BCUT2D eigenvalue weighted by Crippen LogP contribution is -2.03. The summed E-state index contributed by atoms with van der Waals surface area (Å²) in [6.07, 6.45) is 0. The number of nitro groups is 1. The van der Waals surface area contributed by atoms with E-state index in [1.807, 2.05) is 52.9 Å². The number of aliphatic hydroxyl groups is 1. The van der Waals surface area contributed by atoms with E-state index in [1.54, 1.807) is 6.07 Å². The van der Waals surface area contributed by atoms with Gasteiger partial charge < -0.3 is 10.4 Å². The van der Waals surface area contributed by atoms with Gasteiger partial charge in [0.15, 0.2) is 0 Å². The molecule has 0 bridgehead atoms. The van der Waals surface area contributed by atoms with Gasteiger partial charge in [-0.3, -0.25) is 10.1 Å². The van der Waals surface area contributed by atoms with E-state index in [0.29, 0.717) is 12.2 Å². The third-order valence-electron chi connectivity index (χ3n) is 2.81. The first kappa shape index (κ1) is 14.7. The fourth-order valence-electron chi connectivity index (χ4n) is 1.84. The van der Waals surface area contributed by atoms with Crippen LogP contribution in [0.15, 0.2) is 42.5 Å². The fourth-order valence-corrected chi connectivity index (χ4v) is 2.32. The summed E-state index contributed by atoms with van der Waals surface area (Å²) in [5.41, 5.74) is 2.34. The van der Waals surface area contributed by atoms with Gasteiger partial charge in [0.25, 0.3) is 5.69 Å². The van der Waals surface area contributed by atoms with Crippen LogP contribution in [-0.2, 0) is 13.2 Å². The number of nitro benzene ring substituents is 1. The number of anilines is 1. The first-order valence-electron chi connectivity index (χ1n) is 5.96. The Morgan fingerprint density at radius 3 is 2.65 bits per heavy atom. The van der Waals surface area contributed by atoms with Crippen LogP contribution in [-0.4, -0.2) is 10.0 Å². The van der Waals surface area contributed by atoms with E-state index < -0.39 is 4.92 Å². The van der Waals surface area contributed by atoms with Gasteiger partial charge in [0.2, 0.25) is 0 Å². The van der Waals surface area contributed by atoms with Crippen LogP contribution in [0.5, 0.6) is 0 Å². The largest absolute Gasteiger partial charge is 0.392 e. The Bertz CT molecular complexity index is 632. The zero-order valence-electron chi connectivity index (χ0n) is 10.5. The Kier molecular flexibility index (Phi) is 4.91. The second kappa shape index (κ2) is 6.67. The number of rotatable bonds is 5. The van der Waals surface area contributed by atoms with Crippen molar-refractivity contribution in [2.24, 2.45) is 0 Å². The molecule has 0 spiro atoms. The van der Waals surface area contributed by atoms with E-state index in [2.05, 4.69) is 5.32 Å². The molecule has 0 aliphatic carbocycles. The maximum Gasteiger partial charge on any atom is 0.293 e. The van der Waals surface area contributed by atoms with Crippen molar-refractivity contribution in [3.63, 3.8) is 0 Å². The Balaban J connectivity index is 2.16. The zero-order chi connectivity index (χ0) is 14.5.